The fourth-order valence-electron chi connectivity index (χ4n) is 4.46. The number of nitrogens with zero attached hydrogens (tertiary/aromatic N) is 7. The Balaban J connectivity index is 1.67. The van der Waals surface area contributed by atoms with Crippen LogP contribution in [0.15, 0.2) is 24.7 Å². The highest BCUT2D eigenvalue weighted by Gasteiger charge is 2.26. The van der Waals surface area contributed by atoms with Crippen LogP contribution in [0.3, 0.4) is 0 Å². The minimum atomic E-state index is 0.0808. The van der Waals surface area contributed by atoms with Crippen LogP contribution < -0.4 is 0 Å². The Bertz CT molecular complexity index is 1200. The van der Waals surface area contributed by atoms with Crippen LogP contribution >= 0.6 is 0 Å². The molecule has 0 atom stereocenters. The quantitative estimate of drug-likeness (QED) is 0.608. The van der Waals surface area contributed by atoms with E-state index >= 15 is 0 Å². The summed E-state index contributed by atoms with van der Waals surface area (Å²) in [6, 6.07) is 0.0808. The number of amides is 1. The summed E-state index contributed by atoms with van der Waals surface area (Å²) in [6.07, 6.45) is 10.1. The Hall–Kier alpha value is -3.29. The van der Waals surface area contributed by atoms with Crippen molar-refractivity contribution in [3.63, 3.8) is 0 Å². The van der Waals surface area contributed by atoms with Crippen LogP contribution in [0.1, 0.15) is 55.0 Å². The molecule has 0 fully saturated rings. The number of fused-ring (bicyclic) bond motifs is 6. The van der Waals surface area contributed by atoms with E-state index in [4.69, 9.17) is 15.1 Å². The van der Waals surface area contributed by atoms with E-state index in [-0.39, 0.29) is 11.9 Å². The van der Waals surface area contributed by atoms with E-state index in [1.807, 2.05) is 49.8 Å². The number of allylic oxidation sites excluding steroid dienone is 1. The van der Waals surface area contributed by atoms with E-state index in [9.17, 15) is 4.79 Å². The van der Waals surface area contributed by atoms with Gasteiger partial charge in [0.2, 0.25) is 5.91 Å². The van der Waals surface area contributed by atoms with Gasteiger partial charge in [0.15, 0.2) is 0 Å². The van der Waals surface area contributed by atoms with Crippen LogP contribution in [-0.4, -0.2) is 46.4 Å². The van der Waals surface area contributed by atoms with Gasteiger partial charge in [-0.2, -0.15) is 10.2 Å². The number of hydrogen-bond donors (Lipinski definition) is 0. The molecule has 1 amide bonds. The highest BCUT2D eigenvalue weighted by Crippen LogP contribution is 2.34. The van der Waals surface area contributed by atoms with Gasteiger partial charge in [-0.05, 0) is 27.2 Å². The molecule has 4 heterocycles. The first kappa shape index (κ1) is 19.7. The molecule has 4 bridgehead atoms. The first-order valence-electron chi connectivity index (χ1n) is 10.8. The Morgan fingerprint density at radius 1 is 1.10 bits per heavy atom. The molecular weight excluding hydrogens is 390 g/mol. The van der Waals surface area contributed by atoms with Crippen molar-refractivity contribution in [2.75, 3.05) is 0 Å². The molecule has 3 aromatic rings. The lowest BCUT2D eigenvalue weighted by Gasteiger charge is -2.26. The molecule has 0 saturated heterocycles. The van der Waals surface area contributed by atoms with Gasteiger partial charge < -0.3 is 4.90 Å². The summed E-state index contributed by atoms with van der Waals surface area (Å²) in [4.78, 5) is 24.7. The van der Waals surface area contributed by atoms with E-state index in [0.717, 1.165) is 58.0 Å². The molecule has 8 nitrogen and oxygen atoms in total. The molecule has 8 heteroatoms. The summed E-state index contributed by atoms with van der Waals surface area (Å²) in [5, 5.41) is 9.36. The topological polar surface area (TPSA) is 81.7 Å². The lowest BCUT2D eigenvalue weighted by Crippen LogP contribution is -2.36. The fourth-order valence-corrected chi connectivity index (χ4v) is 4.46. The largest absolute Gasteiger partial charge is 0.334 e. The minimum absolute atomic E-state index is 0.0808. The van der Waals surface area contributed by atoms with Crippen molar-refractivity contribution in [2.24, 2.45) is 7.05 Å². The van der Waals surface area contributed by atoms with Crippen LogP contribution in [0.25, 0.3) is 16.8 Å². The maximum atomic E-state index is 13.0. The fraction of sp³-hybridized carbons (Fsp3) is 0.435. The van der Waals surface area contributed by atoms with Crippen LogP contribution in [0, 0.1) is 6.92 Å². The van der Waals surface area contributed by atoms with Crippen molar-refractivity contribution in [3.8, 4) is 11.3 Å². The van der Waals surface area contributed by atoms with Gasteiger partial charge in [-0.3, -0.25) is 19.1 Å². The second-order valence-electron chi connectivity index (χ2n) is 8.65. The number of rotatable bonds is 1. The smallest absolute Gasteiger partial charge is 0.223 e. The predicted octanol–water partition coefficient (Wildman–Crippen LogP) is 2.90. The molecule has 2 aliphatic rings. The standard InChI is InChI=1S/C23H27N7O/c1-14(2)30-13-21-18(11-28(4)27-21)20-10-24-19-8-7-16(23(19)25-20)17-12-29(26-15(17)3)9-5-6-22(30)31/h7,10-12,14H,5-6,8-9,13H2,1-4H3. The van der Waals surface area contributed by atoms with Crippen LogP contribution in [0.5, 0.6) is 0 Å². The van der Waals surface area contributed by atoms with Gasteiger partial charge in [-0.1, -0.05) is 6.08 Å². The van der Waals surface area contributed by atoms with Gasteiger partial charge in [-0.25, -0.2) is 4.98 Å². The van der Waals surface area contributed by atoms with Gasteiger partial charge in [0.1, 0.15) is 0 Å². The van der Waals surface area contributed by atoms with Gasteiger partial charge >= 0.3 is 0 Å². The molecule has 31 heavy (non-hydrogen) atoms. The Morgan fingerprint density at radius 3 is 2.74 bits per heavy atom. The van der Waals surface area contributed by atoms with E-state index < -0.39 is 0 Å². The summed E-state index contributed by atoms with van der Waals surface area (Å²) in [7, 11) is 1.90. The highest BCUT2D eigenvalue weighted by atomic mass is 16.2. The third-order valence-electron chi connectivity index (χ3n) is 6.06. The number of carbonyl (C=O) groups is 1. The Kier molecular flexibility index (Phi) is 4.72. The predicted molar refractivity (Wildman–Crippen MR) is 117 cm³/mol. The van der Waals surface area contributed by atoms with Crippen LogP contribution in [0.4, 0.5) is 0 Å². The molecule has 0 saturated carbocycles. The zero-order valence-corrected chi connectivity index (χ0v) is 18.5. The molecule has 0 spiro atoms. The van der Waals surface area contributed by atoms with Crippen molar-refractivity contribution in [1.82, 2.24) is 34.4 Å². The first-order chi connectivity index (χ1) is 14.9. The maximum Gasteiger partial charge on any atom is 0.223 e. The number of aryl methyl sites for hydroxylation is 3. The summed E-state index contributed by atoms with van der Waals surface area (Å²) < 4.78 is 3.74. The zero-order chi connectivity index (χ0) is 21.7. The average molecular weight is 418 g/mol. The van der Waals surface area contributed by atoms with Crippen LogP contribution in [-0.2, 0) is 31.4 Å². The van der Waals surface area contributed by atoms with E-state index in [0.29, 0.717) is 19.5 Å². The lowest BCUT2D eigenvalue weighted by molar-refractivity contribution is -0.133. The normalized spacial score (nSPS) is 16.2. The first-order valence-corrected chi connectivity index (χ1v) is 10.8. The van der Waals surface area contributed by atoms with Gasteiger partial charge in [-0.15, -0.1) is 0 Å². The van der Waals surface area contributed by atoms with Crippen molar-refractivity contribution in [3.05, 3.63) is 53.0 Å². The molecule has 0 radical (unpaired) electrons. The monoisotopic (exact) mass is 417 g/mol. The number of aromatic nitrogens is 6. The molecule has 5 rings (SSSR count). The summed E-state index contributed by atoms with van der Waals surface area (Å²) in [6.45, 7) is 7.28. The summed E-state index contributed by atoms with van der Waals surface area (Å²) in [5.41, 5.74) is 7.60. The van der Waals surface area contributed by atoms with Gasteiger partial charge in [0, 0.05) is 61.6 Å². The molecule has 0 unspecified atom stereocenters. The Morgan fingerprint density at radius 2 is 1.94 bits per heavy atom. The molecule has 0 aromatic carbocycles. The zero-order valence-electron chi connectivity index (χ0n) is 18.5. The lowest BCUT2D eigenvalue weighted by atomic mass is 10.1. The second kappa shape index (κ2) is 7.44. The molecule has 1 aliphatic carbocycles. The highest BCUT2D eigenvalue weighted by molar-refractivity contribution is 5.83. The van der Waals surface area contributed by atoms with Crippen molar-refractivity contribution >= 4 is 11.5 Å². The van der Waals surface area contributed by atoms with Crippen molar-refractivity contribution < 1.29 is 4.79 Å². The van der Waals surface area contributed by atoms with Crippen molar-refractivity contribution in [1.29, 1.82) is 0 Å². The molecule has 160 valence electrons. The second-order valence-corrected chi connectivity index (χ2v) is 8.65. The van der Waals surface area contributed by atoms with Crippen molar-refractivity contribution in [2.45, 2.75) is 59.2 Å². The third kappa shape index (κ3) is 3.45. The van der Waals surface area contributed by atoms with Gasteiger partial charge in [0.05, 0.1) is 41.2 Å². The molecular formula is C23H27N7O. The van der Waals surface area contributed by atoms with E-state index in [1.165, 1.54) is 0 Å². The molecule has 0 N–H and O–H groups in total. The number of hydrogen-bond acceptors (Lipinski definition) is 5. The minimum Gasteiger partial charge on any atom is -0.334 e. The average Bonchev–Trinajstić information content (AvgIpc) is 3.41. The maximum absolute atomic E-state index is 13.0. The third-order valence-corrected chi connectivity index (χ3v) is 6.06. The Labute approximate surface area is 181 Å². The molecule has 1 aliphatic heterocycles. The van der Waals surface area contributed by atoms with E-state index in [1.54, 1.807) is 4.68 Å². The summed E-state index contributed by atoms with van der Waals surface area (Å²) >= 11 is 0. The van der Waals surface area contributed by atoms with E-state index in [2.05, 4.69) is 17.4 Å². The van der Waals surface area contributed by atoms with Crippen LogP contribution in [0.2, 0.25) is 0 Å². The SMILES string of the molecule is Cc1nn2cc1C1=CCc3ncc(nc31)-c1cn(C)nc1CN(C(C)C)C(=O)CCC2. The molecule has 3 aromatic heterocycles. The number of carbonyl (C=O) groups excluding carboxylic acids is 1. The van der Waals surface area contributed by atoms with Gasteiger partial charge in [0.25, 0.3) is 0 Å². The summed E-state index contributed by atoms with van der Waals surface area (Å²) in [5.74, 6) is 0.134.